The van der Waals surface area contributed by atoms with Gasteiger partial charge in [-0.3, -0.25) is 4.79 Å². The summed E-state index contributed by atoms with van der Waals surface area (Å²) in [4.78, 5) is 35.4. The minimum atomic E-state index is -4.14. The Bertz CT molecular complexity index is 1180. The number of H-pyrrole nitrogens is 2. The Kier molecular flexibility index (Phi) is 5.57. The van der Waals surface area contributed by atoms with Gasteiger partial charge in [-0.05, 0) is 36.6 Å². The molecule has 0 spiro atoms. The number of pyridine rings is 1. The minimum absolute atomic E-state index is 0.0692. The van der Waals surface area contributed by atoms with Crippen molar-refractivity contribution in [1.29, 1.82) is 0 Å². The number of carbonyl (C=O) groups excluding carboxylic acids is 1. The molecule has 4 rings (SSSR count). The van der Waals surface area contributed by atoms with E-state index in [0.29, 0.717) is 28.2 Å². The molecule has 0 bridgehead atoms. The predicted molar refractivity (Wildman–Crippen MR) is 112 cm³/mol. The number of aromatic amines is 2. The number of alkyl halides is 3. The third-order valence-corrected chi connectivity index (χ3v) is 5.82. The fourth-order valence-corrected chi connectivity index (χ4v) is 3.77. The van der Waals surface area contributed by atoms with Gasteiger partial charge in [0.1, 0.15) is 17.1 Å². The zero-order chi connectivity index (χ0) is 23.0. The number of aromatic nitrogens is 3. The Morgan fingerprint density at radius 2 is 2.03 bits per heavy atom. The molecule has 0 unspecified atom stereocenters. The fraction of sp³-hybridized carbons (Fsp3) is 0.381. The van der Waals surface area contributed by atoms with E-state index < -0.39 is 17.8 Å². The first-order valence-corrected chi connectivity index (χ1v) is 9.98. The largest absolute Gasteiger partial charge is 0.494 e. The van der Waals surface area contributed by atoms with Gasteiger partial charge in [-0.1, -0.05) is 6.07 Å². The molecular formula is C21H22F3N5O3. The van der Waals surface area contributed by atoms with Crippen molar-refractivity contribution >= 4 is 22.8 Å². The Morgan fingerprint density at radius 3 is 2.66 bits per heavy atom. The third kappa shape index (κ3) is 4.27. The molecular weight excluding hydrogens is 427 g/mol. The molecule has 8 nitrogen and oxygen atoms in total. The second kappa shape index (κ2) is 8.21. The number of hydrogen-bond acceptors (Lipinski definition) is 5. The highest BCUT2D eigenvalue weighted by Gasteiger charge is 2.49. The van der Waals surface area contributed by atoms with E-state index in [1.54, 1.807) is 36.3 Å². The van der Waals surface area contributed by atoms with Crippen LogP contribution >= 0.6 is 0 Å². The van der Waals surface area contributed by atoms with Crippen molar-refractivity contribution in [3.63, 3.8) is 0 Å². The lowest BCUT2D eigenvalue weighted by molar-refractivity contribution is -0.196. The summed E-state index contributed by atoms with van der Waals surface area (Å²) in [6, 6.07) is 6.39. The maximum Gasteiger partial charge on any atom is 0.391 e. The summed E-state index contributed by atoms with van der Waals surface area (Å²) in [5, 5.41) is 2.78. The molecule has 0 atom stereocenters. The Morgan fingerprint density at radius 1 is 1.28 bits per heavy atom. The van der Waals surface area contributed by atoms with Crippen LogP contribution in [0.25, 0.3) is 11.0 Å². The number of anilines is 1. The molecule has 1 aromatic carbocycles. The quantitative estimate of drug-likeness (QED) is 0.537. The number of rotatable bonds is 6. The maximum atomic E-state index is 12.7. The van der Waals surface area contributed by atoms with Crippen LogP contribution < -0.4 is 20.6 Å². The number of fused-ring (bicyclic) bond motifs is 1. The molecule has 1 fully saturated rings. The fourth-order valence-electron chi connectivity index (χ4n) is 3.77. The second-order valence-corrected chi connectivity index (χ2v) is 7.86. The molecule has 3 N–H and O–H groups in total. The van der Waals surface area contributed by atoms with Crippen molar-refractivity contribution in [1.82, 2.24) is 20.3 Å². The number of nitrogens with one attached hydrogen (secondary N) is 3. The second-order valence-electron chi connectivity index (χ2n) is 7.86. The van der Waals surface area contributed by atoms with E-state index in [2.05, 4.69) is 20.3 Å². The molecule has 1 aliphatic carbocycles. The molecule has 0 saturated heterocycles. The average molecular weight is 449 g/mol. The van der Waals surface area contributed by atoms with E-state index in [1.807, 2.05) is 0 Å². The lowest BCUT2D eigenvalue weighted by Gasteiger charge is -2.42. The molecule has 0 radical (unpaired) electrons. The van der Waals surface area contributed by atoms with E-state index in [4.69, 9.17) is 4.74 Å². The molecule has 170 valence electrons. The number of nitrogens with zero attached hydrogens (tertiary/aromatic N) is 2. The molecule has 11 heteroatoms. The van der Waals surface area contributed by atoms with Crippen molar-refractivity contribution in [3.8, 4) is 5.75 Å². The summed E-state index contributed by atoms with van der Waals surface area (Å²) in [5.74, 6) is -0.659. The van der Waals surface area contributed by atoms with Crippen molar-refractivity contribution < 1.29 is 22.7 Å². The van der Waals surface area contributed by atoms with Gasteiger partial charge in [0, 0.05) is 31.4 Å². The number of hydrogen-bond donors (Lipinski definition) is 3. The summed E-state index contributed by atoms with van der Waals surface area (Å²) in [6.45, 7) is 0.208. The first-order valence-electron chi connectivity index (χ1n) is 9.98. The SMILES string of the molecule is COc1cc(C(=O)NCc2ccc(N(C)C3CC(C(F)(F)F)C3)nc2)cc2[nH]c(=O)[nH]c12. The Labute approximate surface area is 180 Å². The summed E-state index contributed by atoms with van der Waals surface area (Å²) < 4.78 is 43.3. The first kappa shape index (κ1) is 21.7. The number of carbonyl (C=O) groups is 1. The lowest BCUT2D eigenvalue weighted by Crippen LogP contribution is -2.48. The standard InChI is InChI=1S/C21H22F3N5O3/c1-29(14-7-13(8-14)21(22,23)24)17-4-3-11(9-25-17)10-26-19(30)12-5-15-18(16(6-12)32-2)28-20(31)27-15/h3-6,9,13-14H,7-8,10H2,1-2H3,(H,26,30)(H2,27,28,31). The van der Waals surface area contributed by atoms with Crippen LogP contribution in [0.4, 0.5) is 19.0 Å². The number of halogens is 3. The number of ether oxygens (including phenoxy) is 1. The smallest absolute Gasteiger partial charge is 0.391 e. The van der Waals surface area contributed by atoms with E-state index in [0.717, 1.165) is 5.56 Å². The predicted octanol–water partition coefficient (Wildman–Crippen LogP) is 2.97. The topological polar surface area (TPSA) is 103 Å². The summed E-state index contributed by atoms with van der Waals surface area (Å²) in [6.07, 6.45) is -2.42. The summed E-state index contributed by atoms with van der Waals surface area (Å²) in [7, 11) is 3.18. The minimum Gasteiger partial charge on any atom is -0.494 e. The Balaban J connectivity index is 1.37. The van der Waals surface area contributed by atoms with Gasteiger partial charge in [0.05, 0.1) is 18.5 Å². The van der Waals surface area contributed by atoms with Crippen LogP contribution in [-0.4, -0.2) is 47.2 Å². The van der Waals surface area contributed by atoms with E-state index in [1.165, 1.54) is 13.2 Å². The highest BCUT2D eigenvalue weighted by atomic mass is 19.4. The highest BCUT2D eigenvalue weighted by molar-refractivity contribution is 5.99. The Hall–Kier alpha value is -3.50. The highest BCUT2D eigenvalue weighted by Crippen LogP contribution is 2.43. The number of amides is 1. The van der Waals surface area contributed by atoms with Crippen LogP contribution in [-0.2, 0) is 6.54 Å². The van der Waals surface area contributed by atoms with Crippen LogP contribution in [0.2, 0.25) is 0 Å². The zero-order valence-corrected chi connectivity index (χ0v) is 17.4. The number of imidazole rings is 1. The van der Waals surface area contributed by atoms with Crippen LogP contribution in [0, 0.1) is 5.92 Å². The molecule has 32 heavy (non-hydrogen) atoms. The van der Waals surface area contributed by atoms with Gasteiger partial charge in [0.15, 0.2) is 0 Å². The molecule has 1 amide bonds. The maximum absolute atomic E-state index is 12.7. The van der Waals surface area contributed by atoms with Crippen molar-refractivity contribution in [3.05, 3.63) is 52.1 Å². The normalized spacial score (nSPS) is 18.3. The van der Waals surface area contributed by atoms with Gasteiger partial charge in [-0.2, -0.15) is 13.2 Å². The van der Waals surface area contributed by atoms with Crippen LogP contribution in [0.3, 0.4) is 0 Å². The number of benzene rings is 1. The number of methoxy groups -OCH3 is 1. The first-order chi connectivity index (χ1) is 15.2. The van der Waals surface area contributed by atoms with Gasteiger partial charge in [-0.25, -0.2) is 9.78 Å². The van der Waals surface area contributed by atoms with E-state index in [-0.39, 0.29) is 31.3 Å². The van der Waals surface area contributed by atoms with Gasteiger partial charge < -0.3 is 24.9 Å². The molecule has 0 aliphatic heterocycles. The van der Waals surface area contributed by atoms with Crippen molar-refractivity contribution in [2.45, 2.75) is 31.6 Å². The summed E-state index contributed by atoms with van der Waals surface area (Å²) in [5.41, 5.74) is 1.59. The van der Waals surface area contributed by atoms with Crippen molar-refractivity contribution in [2.24, 2.45) is 5.92 Å². The van der Waals surface area contributed by atoms with Gasteiger partial charge >= 0.3 is 11.9 Å². The van der Waals surface area contributed by atoms with E-state index >= 15 is 0 Å². The van der Waals surface area contributed by atoms with E-state index in [9.17, 15) is 22.8 Å². The molecule has 1 saturated carbocycles. The summed E-state index contributed by atoms with van der Waals surface area (Å²) >= 11 is 0. The zero-order valence-electron chi connectivity index (χ0n) is 17.4. The lowest BCUT2D eigenvalue weighted by atomic mass is 9.79. The van der Waals surface area contributed by atoms with Gasteiger partial charge in [0.2, 0.25) is 0 Å². The average Bonchev–Trinajstić information content (AvgIpc) is 3.09. The van der Waals surface area contributed by atoms with Crippen LogP contribution in [0.15, 0.2) is 35.3 Å². The third-order valence-electron chi connectivity index (χ3n) is 5.82. The van der Waals surface area contributed by atoms with Crippen LogP contribution in [0.5, 0.6) is 5.75 Å². The monoisotopic (exact) mass is 449 g/mol. The van der Waals surface area contributed by atoms with Gasteiger partial charge in [-0.15, -0.1) is 0 Å². The molecule has 1 aliphatic rings. The molecule has 2 heterocycles. The molecule has 2 aromatic heterocycles. The van der Waals surface area contributed by atoms with Gasteiger partial charge in [0.25, 0.3) is 5.91 Å². The van der Waals surface area contributed by atoms with Crippen molar-refractivity contribution in [2.75, 3.05) is 19.1 Å². The van der Waals surface area contributed by atoms with Crippen LogP contribution in [0.1, 0.15) is 28.8 Å². The molecule has 3 aromatic rings.